The molecule has 0 atom stereocenters. The van der Waals surface area contributed by atoms with Crippen LogP contribution < -0.4 is 9.21 Å². The van der Waals surface area contributed by atoms with Gasteiger partial charge in [0.2, 0.25) is 0 Å². The highest BCUT2D eigenvalue weighted by molar-refractivity contribution is 7.92. The Hall–Kier alpha value is -3.32. The third-order valence-electron chi connectivity index (χ3n) is 5.79. The second kappa shape index (κ2) is 9.04. The molecule has 0 saturated carbocycles. The summed E-state index contributed by atoms with van der Waals surface area (Å²) in [6.45, 7) is 4.58. The molecule has 0 aliphatic carbocycles. The molecule has 0 spiro atoms. The number of para-hydroxylation sites is 1. The molecular formula is C25H27N3O3S. The molecule has 3 aromatic rings. The molecule has 0 N–H and O–H groups in total. The molecule has 1 fully saturated rings. The number of piperazine rings is 1. The van der Waals surface area contributed by atoms with Crippen LogP contribution in [0.15, 0.2) is 83.8 Å². The minimum absolute atomic E-state index is 0.107. The zero-order valence-electron chi connectivity index (χ0n) is 18.3. The molecule has 0 bridgehead atoms. The largest absolute Gasteiger partial charge is 0.368 e. The van der Waals surface area contributed by atoms with Gasteiger partial charge in [-0.15, -0.1) is 0 Å². The fourth-order valence-electron chi connectivity index (χ4n) is 3.90. The predicted octanol–water partition coefficient (Wildman–Crippen LogP) is 3.78. The van der Waals surface area contributed by atoms with E-state index >= 15 is 0 Å². The summed E-state index contributed by atoms with van der Waals surface area (Å²) in [6, 6.07) is 23.8. The maximum atomic E-state index is 13.2. The SMILES string of the molecule is Cc1cccc(N(C)S(=O)(=O)c2cccc(C(=O)N3CCN(c4ccccc4)CC3)c2)c1. The van der Waals surface area contributed by atoms with Gasteiger partial charge in [0, 0.05) is 44.5 Å². The summed E-state index contributed by atoms with van der Waals surface area (Å²) < 4.78 is 27.6. The van der Waals surface area contributed by atoms with Crippen LogP contribution in [0.1, 0.15) is 15.9 Å². The molecule has 166 valence electrons. The van der Waals surface area contributed by atoms with Crippen molar-refractivity contribution >= 4 is 27.3 Å². The number of carbonyl (C=O) groups is 1. The Morgan fingerprint density at radius 3 is 2.22 bits per heavy atom. The Bertz CT molecular complexity index is 1200. The maximum absolute atomic E-state index is 13.2. The molecule has 7 heteroatoms. The predicted molar refractivity (Wildman–Crippen MR) is 128 cm³/mol. The van der Waals surface area contributed by atoms with E-state index in [1.54, 1.807) is 23.1 Å². The van der Waals surface area contributed by atoms with Crippen molar-refractivity contribution in [3.05, 3.63) is 90.0 Å². The average molecular weight is 450 g/mol. The Kier molecular flexibility index (Phi) is 6.19. The lowest BCUT2D eigenvalue weighted by atomic mass is 10.1. The van der Waals surface area contributed by atoms with Crippen LogP contribution in [0.3, 0.4) is 0 Å². The highest BCUT2D eigenvalue weighted by atomic mass is 32.2. The fraction of sp³-hybridized carbons (Fsp3) is 0.240. The van der Waals surface area contributed by atoms with Crippen molar-refractivity contribution in [2.45, 2.75) is 11.8 Å². The molecule has 1 aliphatic heterocycles. The molecule has 0 aromatic heterocycles. The van der Waals surface area contributed by atoms with Crippen LogP contribution in [0, 0.1) is 6.92 Å². The molecule has 0 radical (unpaired) electrons. The molecular weight excluding hydrogens is 422 g/mol. The van der Waals surface area contributed by atoms with E-state index in [2.05, 4.69) is 17.0 Å². The first-order chi connectivity index (χ1) is 15.4. The van der Waals surface area contributed by atoms with Gasteiger partial charge in [-0.25, -0.2) is 8.42 Å². The van der Waals surface area contributed by atoms with E-state index in [0.717, 1.165) is 24.3 Å². The van der Waals surface area contributed by atoms with E-state index in [-0.39, 0.29) is 10.8 Å². The summed E-state index contributed by atoms with van der Waals surface area (Å²) >= 11 is 0. The molecule has 0 unspecified atom stereocenters. The van der Waals surface area contributed by atoms with Gasteiger partial charge in [-0.1, -0.05) is 36.4 Å². The molecule has 1 amide bonds. The van der Waals surface area contributed by atoms with Crippen molar-refractivity contribution in [3.63, 3.8) is 0 Å². The molecule has 6 nitrogen and oxygen atoms in total. The summed E-state index contributed by atoms with van der Waals surface area (Å²) in [4.78, 5) is 17.3. The van der Waals surface area contributed by atoms with Gasteiger partial charge in [0.15, 0.2) is 0 Å². The third-order valence-corrected chi connectivity index (χ3v) is 7.57. The van der Waals surface area contributed by atoms with E-state index in [4.69, 9.17) is 0 Å². The lowest BCUT2D eigenvalue weighted by Gasteiger charge is -2.36. The average Bonchev–Trinajstić information content (AvgIpc) is 2.84. The van der Waals surface area contributed by atoms with Crippen LogP contribution >= 0.6 is 0 Å². The first-order valence-corrected chi connectivity index (χ1v) is 12.1. The number of carbonyl (C=O) groups excluding carboxylic acids is 1. The molecule has 1 heterocycles. The number of amides is 1. The number of aryl methyl sites for hydroxylation is 1. The second-order valence-electron chi connectivity index (χ2n) is 7.95. The number of sulfonamides is 1. The maximum Gasteiger partial charge on any atom is 0.264 e. The Labute approximate surface area is 189 Å². The van der Waals surface area contributed by atoms with Crippen molar-refractivity contribution in [2.24, 2.45) is 0 Å². The van der Waals surface area contributed by atoms with Crippen molar-refractivity contribution in [2.75, 3.05) is 42.4 Å². The van der Waals surface area contributed by atoms with Gasteiger partial charge in [0.1, 0.15) is 0 Å². The van der Waals surface area contributed by atoms with Crippen LogP contribution in [0.25, 0.3) is 0 Å². The summed E-state index contributed by atoms with van der Waals surface area (Å²) in [7, 11) is -2.26. The Balaban J connectivity index is 1.49. The number of nitrogens with zero attached hydrogens (tertiary/aromatic N) is 3. The molecule has 4 rings (SSSR count). The van der Waals surface area contributed by atoms with Crippen molar-refractivity contribution in [1.29, 1.82) is 0 Å². The lowest BCUT2D eigenvalue weighted by Crippen LogP contribution is -2.48. The minimum atomic E-state index is -3.79. The topological polar surface area (TPSA) is 60.9 Å². The monoisotopic (exact) mass is 449 g/mol. The number of hydrogen-bond donors (Lipinski definition) is 0. The highest BCUT2D eigenvalue weighted by Crippen LogP contribution is 2.24. The van der Waals surface area contributed by atoms with Crippen LogP contribution in [-0.4, -0.2) is 52.5 Å². The smallest absolute Gasteiger partial charge is 0.264 e. The second-order valence-corrected chi connectivity index (χ2v) is 9.92. The lowest BCUT2D eigenvalue weighted by molar-refractivity contribution is 0.0746. The van der Waals surface area contributed by atoms with Gasteiger partial charge in [-0.05, 0) is 55.0 Å². The van der Waals surface area contributed by atoms with Gasteiger partial charge in [0.25, 0.3) is 15.9 Å². The summed E-state index contributed by atoms with van der Waals surface area (Å²) in [6.07, 6.45) is 0. The summed E-state index contributed by atoms with van der Waals surface area (Å²) in [5, 5.41) is 0. The normalized spacial score (nSPS) is 14.3. The van der Waals surface area contributed by atoms with Crippen LogP contribution in [0.4, 0.5) is 11.4 Å². The molecule has 32 heavy (non-hydrogen) atoms. The standard InChI is InChI=1S/C25H27N3O3S/c1-20-8-6-12-23(18-20)26(2)32(30,31)24-13-7-9-21(19-24)25(29)28-16-14-27(15-17-28)22-10-4-3-5-11-22/h3-13,18-19H,14-17H2,1-2H3. The highest BCUT2D eigenvalue weighted by Gasteiger charge is 2.25. The van der Waals surface area contributed by atoms with Gasteiger partial charge in [0.05, 0.1) is 10.6 Å². The van der Waals surface area contributed by atoms with E-state index in [1.807, 2.05) is 43.3 Å². The van der Waals surface area contributed by atoms with Gasteiger partial charge in [-0.2, -0.15) is 0 Å². The zero-order chi connectivity index (χ0) is 22.7. The van der Waals surface area contributed by atoms with E-state index in [9.17, 15) is 13.2 Å². The minimum Gasteiger partial charge on any atom is -0.368 e. The third kappa shape index (κ3) is 4.48. The van der Waals surface area contributed by atoms with Gasteiger partial charge in [-0.3, -0.25) is 9.10 Å². The number of hydrogen-bond acceptors (Lipinski definition) is 4. The quantitative estimate of drug-likeness (QED) is 0.595. The van der Waals surface area contributed by atoms with Crippen molar-refractivity contribution < 1.29 is 13.2 Å². The van der Waals surface area contributed by atoms with Crippen LogP contribution in [-0.2, 0) is 10.0 Å². The molecule has 3 aromatic carbocycles. The summed E-state index contributed by atoms with van der Waals surface area (Å²) in [5.74, 6) is -0.145. The van der Waals surface area contributed by atoms with Gasteiger partial charge >= 0.3 is 0 Å². The molecule has 1 aliphatic rings. The first kappa shape index (κ1) is 21.9. The fourth-order valence-corrected chi connectivity index (χ4v) is 5.13. The number of benzene rings is 3. The van der Waals surface area contributed by atoms with E-state index < -0.39 is 10.0 Å². The van der Waals surface area contributed by atoms with Gasteiger partial charge < -0.3 is 9.80 Å². The first-order valence-electron chi connectivity index (χ1n) is 10.6. The number of anilines is 2. The van der Waals surface area contributed by atoms with Crippen molar-refractivity contribution in [1.82, 2.24) is 4.90 Å². The van der Waals surface area contributed by atoms with Crippen molar-refractivity contribution in [3.8, 4) is 0 Å². The Morgan fingerprint density at radius 1 is 0.844 bits per heavy atom. The molecule has 1 saturated heterocycles. The summed E-state index contributed by atoms with van der Waals surface area (Å²) in [5.41, 5.74) is 3.09. The van der Waals surface area contributed by atoms with Crippen LogP contribution in [0.5, 0.6) is 0 Å². The van der Waals surface area contributed by atoms with E-state index in [1.165, 1.54) is 23.5 Å². The Morgan fingerprint density at radius 2 is 1.53 bits per heavy atom. The zero-order valence-corrected chi connectivity index (χ0v) is 19.1. The van der Waals surface area contributed by atoms with E-state index in [0.29, 0.717) is 24.3 Å². The number of rotatable bonds is 5. The van der Waals surface area contributed by atoms with Crippen LogP contribution in [0.2, 0.25) is 0 Å².